The van der Waals surface area contributed by atoms with Gasteiger partial charge in [-0.15, -0.1) is 0 Å². The minimum absolute atomic E-state index is 0.0186. The van der Waals surface area contributed by atoms with E-state index in [4.69, 9.17) is 15.6 Å². The molecule has 0 bridgehead atoms. The molecule has 0 spiro atoms. The van der Waals surface area contributed by atoms with Crippen LogP contribution in [0.4, 0.5) is 0 Å². The Labute approximate surface area is 114 Å². The van der Waals surface area contributed by atoms with E-state index in [0.29, 0.717) is 31.9 Å². The van der Waals surface area contributed by atoms with E-state index in [2.05, 4.69) is 0 Å². The molecule has 5 heteroatoms. The molecular weight excluding hydrogens is 244 g/mol. The first-order valence-electron chi connectivity index (χ1n) is 6.44. The molecule has 1 aromatic carbocycles. The first kappa shape index (κ1) is 15.5. The van der Waals surface area contributed by atoms with Crippen molar-refractivity contribution in [2.24, 2.45) is 5.73 Å². The van der Waals surface area contributed by atoms with E-state index < -0.39 is 0 Å². The monoisotopic (exact) mass is 266 g/mol. The number of aliphatic hydroxyl groups excluding tert-OH is 1. The lowest BCUT2D eigenvalue weighted by Gasteiger charge is -2.16. The summed E-state index contributed by atoms with van der Waals surface area (Å²) in [7, 11) is 1.77. The highest BCUT2D eigenvalue weighted by molar-refractivity contribution is 5.75. The van der Waals surface area contributed by atoms with Gasteiger partial charge in [-0.25, -0.2) is 0 Å². The third-order valence-electron chi connectivity index (χ3n) is 2.81. The van der Waals surface area contributed by atoms with Crippen molar-refractivity contribution in [2.45, 2.75) is 19.4 Å². The molecule has 0 radical (unpaired) electrons. The normalized spacial score (nSPS) is 10.3. The first-order chi connectivity index (χ1) is 9.17. The lowest BCUT2D eigenvalue weighted by Crippen LogP contribution is -2.29. The molecule has 0 heterocycles. The van der Waals surface area contributed by atoms with Gasteiger partial charge in [0.2, 0.25) is 5.91 Å². The number of hydrogen-bond donors (Lipinski definition) is 2. The second-order valence-electron chi connectivity index (χ2n) is 4.36. The number of hydrogen-bond acceptors (Lipinski definition) is 4. The van der Waals surface area contributed by atoms with E-state index >= 15 is 0 Å². The molecule has 0 saturated heterocycles. The zero-order chi connectivity index (χ0) is 14.1. The van der Waals surface area contributed by atoms with Crippen LogP contribution in [0.2, 0.25) is 0 Å². The molecule has 1 aromatic rings. The quantitative estimate of drug-likeness (QED) is 0.728. The second-order valence-corrected chi connectivity index (χ2v) is 4.36. The lowest BCUT2D eigenvalue weighted by atomic mass is 10.2. The first-order valence-corrected chi connectivity index (χ1v) is 6.44. The maximum Gasteiger partial charge on any atom is 0.225 e. The van der Waals surface area contributed by atoms with Crippen LogP contribution >= 0.6 is 0 Å². The molecule has 0 saturated carbocycles. The van der Waals surface area contributed by atoms with Gasteiger partial charge in [0, 0.05) is 13.6 Å². The standard InChI is InChI=1S/C14H22N2O3/c1-16(9-2-8-15)14(18)7-10-19-13-5-3-12(11-17)4-6-13/h3-6,17H,2,7-11,15H2,1H3. The molecule has 1 amide bonds. The summed E-state index contributed by atoms with van der Waals surface area (Å²) in [6, 6.07) is 7.16. The molecule has 5 nitrogen and oxygen atoms in total. The van der Waals surface area contributed by atoms with Crippen LogP contribution in [0.3, 0.4) is 0 Å². The van der Waals surface area contributed by atoms with Gasteiger partial charge in [0.25, 0.3) is 0 Å². The Balaban J connectivity index is 2.27. The van der Waals surface area contributed by atoms with E-state index in [0.717, 1.165) is 12.0 Å². The van der Waals surface area contributed by atoms with E-state index in [-0.39, 0.29) is 12.5 Å². The van der Waals surface area contributed by atoms with E-state index in [9.17, 15) is 4.79 Å². The van der Waals surface area contributed by atoms with Crippen molar-refractivity contribution in [1.29, 1.82) is 0 Å². The molecule has 0 unspecified atom stereocenters. The summed E-state index contributed by atoms with van der Waals surface area (Å²) in [5.41, 5.74) is 6.23. The molecule has 106 valence electrons. The highest BCUT2D eigenvalue weighted by Crippen LogP contribution is 2.12. The molecule has 0 aliphatic rings. The molecule has 19 heavy (non-hydrogen) atoms. The summed E-state index contributed by atoms with van der Waals surface area (Å²) >= 11 is 0. The summed E-state index contributed by atoms with van der Waals surface area (Å²) in [5, 5.41) is 8.91. The largest absolute Gasteiger partial charge is 0.493 e. The van der Waals surface area contributed by atoms with Crippen LogP contribution in [-0.4, -0.2) is 42.7 Å². The van der Waals surface area contributed by atoms with Crippen molar-refractivity contribution in [3.63, 3.8) is 0 Å². The van der Waals surface area contributed by atoms with Crippen LogP contribution in [0.15, 0.2) is 24.3 Å². The maximum atomic E-state index is 11.7. The summed E-state index contributed by atoms with van der Waals surface area (Å²) in [6.45, 7) is 1.64. The lowest BCUT2D eigenvalue weighted by molar-refractivity contribution is -0.130. The second kappa shape index (κ2) is 8.50. The Hall–Kier alpha value is -1.59. The highest BCUT2D eigenvalue weighted by atomic mass is 16.5. The molecule has 0 atom stereocenters. The Morgan fingerprint density at radius 1 is 1.37 bits per heavy atom. The minimum Gasteiger partial charge on any atom is -0.493 e. The van der Waals surface area contributed by atoms with E-state index in [1.54, 1.807) is 36.2 Å². The highest BCUT2D eigenvalue weighted by Gasteiger charge is 2.07. The summed E-state index contributed by atoms with van der Waals surface area (Å²) in [5.74, 6) is 0.759. The number of amides is 1. The average molecular weight is 266 g/mol. The minimum atomic E-state index is 0.0186. The van der Waals surface area contributed by atoms with Crippen molar-refractivity contribution >= 4 is 5.91 Å². The van der Waals surface area contributed by atoms with Crippen molar-refractivity contribution < 1.29 is 14.6 Å². The number of benzene rings is 1. The van der Waals surface area contributed by atoms with Crippen molar-refractivity contribution in [2.75, 3.05) is 26.7 Å². The topological polar surface area (TPSA) is 75.8 Å². The van der Waals surface area contributed by atoms with Crippen LogP contribution in [0.1, 0.15) is 18.4 Å². The predicted molar refractivity (Wildman–Crippen MR) is 73.8 cm³/mol. The van der Waals surface area contributed by atoms with Gasteiger partial charge in [-0.1, -0.05) is 12.1 Å². The summed E-state index contributed by atoms with van der Waals surface area (Å²) in [4.78, 5) is 13.4. The molecule has 0 fully saturated rings. The number of rotatable bonds is 8. The Bertz CT molecular complexity index is 379. The fourth-order valence-corrected chi connectivity index (χ4v) is 1.59. The van der Waals surface area contributed by atoms with Crippen molar-refractivity contribution in [3.8, 4) is 5.75 Å². The molecule has 1 rings (SSSR count). The Morgan fingerprint density at radius 2 is 2.05 bits per heavy atom. The van der Waals surface area contributed by atoms with Crippen LogP contribution in [0.25, 0.3) is 0 Å². The van der Waals surface area contributed by atoms with Crippen molar-refractivity contribution in [1.82, 2.24) is 4.90 Å². The molecule has 0 aliphatic carbocycles. The van der Waals surface area contributed by atoms with Crippen molar-refractivity contribution in [3.05, 3.63) is 29.8 Å². The number of carbonyl (C=O) groups excluding carboxylic acids is 1. The van der Waals surface area contributed by atoms with Gasteiger partial charge in [0.05, 0.1) is 19.6 Å². The number of nitrogens with zero attached hydrogens (tertiary/aromatic N) is 1. The number of nitrogens with two attached hydrogens (primary N) is 1. The Kier molecular flexibility index (Phi) is 6.92. The van der Waals surface area contributed by atoms with Gasteiger partial charge in [-0.3, -0.25) is 4.79 Å². The average Bonchev–Trinajstić information content (AvgIpc) is 2.45. The summed E-state index contributed by atoms with van der Waals surface area (Å²) in [6.07, 6.45) is 1.16. The van der Waals surface area contributed by atoms with Crippen LogP contribution in [0.5, 0.6) is 5.75 Å². The fraction of sp³-hybridized carbons (Fsp3) is 0.500. The number of ether oxygens (including phenoxy) is 1. The third-order valence-corrected chi connectivity index (χ3v) is 2.81. The third kappa shape index (κ3) is 5.72. The molecular formula is C14H22N2O3. The number of aliphatic hydroxyl groups is 1. The van der Waals surface area contributed by atoms with Gasteiger partial charge >= 0.3 is 0 Å². The van der Waals surface area contributed by atoms with Gasteiger partial charge in [-0.05, 0) is 30.7 Å². The Morgan fingerprint density at radius 3 is 2.63 bits per heavy atom. The SMILES string of the molecule is CN(CCCN)C(=O)CCOc1ccc(CO)cc1. The zero-order valence-corrected chi connectivity index (χ0v) is 11.3. The predicted octanol–water partition coefficient (Wildman–Crippen LogP) is 0.755. The molecule has 0 aromatic heterocycles. The van der Waals surface area contributed by atoms with Gasteiger partial charge in [0.15, 0.2) is 0 Å². The van der Waals surface area contributed by atoms with Gasteiger partial charge in [0.1, 0.15) is 5.75 Å². The zero-order valence-electron chi connectivity index (χ0n) is 11.3. The van der Waals surface area contributed by atoms with Crippen LogP contribution in [0, 0.1) is 0 Å². The van der Waals surface area contributed by atoms with E-state index in [1.165, 1.54) is 0 Å². The van der Waals surface area contributed by atoms with Gasteiger partial charge in [-0.2, -0.15) is 0 Å². The van der Waals surface area contributed by atoms with Crippen LogP contribution in [-0.2, 0) is 11.4 Å². The smallest absolute Gasteiger partial charge is 0.225 e. The molecule has 3 N–H and O–H groups in total. The fourth-order valence-electron chi connectivity index (χ4n) is 1.59. The summed E-state index contributed by atoms with van der Waals surface area (Å²) < 4.78 is 5.48. The number of carbonyl (C=O) groups is 1. The van der Waals surface area contributed by atoms with E-state index in [1.807, 2.05) is 0 Å². The van der Waals surface area contributed by atoms with Gasteiger partial charge < -0.3 is 20.5 Å². The maximum absolute atomic E-state index is 11.7. The molecule has 0 aliphatic heterocycles. The van der Waals surface area contributed by atoms with Crippen LogP contribution < -0.4 is 10.5 Å².